The minimum Gasteiger partial charge on any atom is -0.396 e. The third-order valence-corrected chi connectivity index (χ3v) is 7.43. The monoisotopic (exact) mass is 544 g/mol. The van der Waals surface area contributed by atoms with Crippen LogP contribution < -0.4 is 10.6 Å². The Morgan fingerprint density at radius 1 is 0.610 bits per heavy atom. The maximum Gasteiger partial charge on any atom is 0.105 e. The van der Waals surface area contributed by atoms with Crippen molar-refractivity contribution in [3.05, 3.63) is 96.6 Å². The van der Waals surface area contributed by atoms with Crippen LogP contribution in [0.1, 0.15) is 25.3 Å². The van der Waals surface area contributed by atoms with E-state index in [9.17, 15) is 5.11 Å². The number of aliphatic hydroxyl groups excluding tert-OH is 2. The van der Waals surface area contributed by atoms with Crippen molar-refractivity contribution < 1.29 is 10.2 Å². The van der Waals surface area contributed by atoms with Gasteiger partial charge in [0, 0.05) is 46.1 Å². The van der Waals surface area contributed by atoms with Crippen LogP contribution in [-0.2, 0) is 6.42 Å². The molecule has 1 heterocycles. The largest absolute Gasteiger partial charge is 0.396 e. The van der Waals surface area contributed by atoms with Gasteiger partial charge >= 0.3 is 0 Å². The standard InChI is InChI=1S/C33H32N6O2/c1-33(19-5-20-40)34-30-9-4-8-26-29(16-17-31(35-33)32(26)30)39-38-28-15-14-27(24-6-2-3-7-25(24)28)37-36-23-12-10-22(11-13-23)18-21-41/h2-4,6-17,34-35,40-41H,5,18-21H2,1H3. The Morgan fingerprint density at radius 3 is 1.85 bits per heavy atom. The highest BCUT2D eigenvalue weighted by atomic mass is 16.3. The zero-order chi connectivity index (χ0) is 28.2. The molecule has 0 radical (unpaired) electrons. The summed E-state index contributed by atoms with van der Waals surface area (Å²) in [5, 5.41) is 48.0. The second-order valence-electron chi connectivity index (χ2n) is 10.5. The van der Waals surface area contributed by atoms with Gasteiger partial charge in [-0.05, 0) is 74.2 Å². The third-order valence-electron chi connectivity index (χ3n) is 7.43. The van der Waals surface area contributed by atoms with Crippen molar-refractivity contribution in [2.24, 2.45) is 20.5 Å². The van der Waals surface area contributed by atoms with Crippen molar-refractivity contribution in [1.82, 2.24) is 0 Å². The van der Waals surface area contributed by atoms with Crippen LogP contribution in [0.4, 0.5) is 34.1 Å². The van der Waals surface area contributed by atoms with Crippen molar-refractivity contribution >= 4 is 55.7 Å². The molecular formula is C33H32N6O2. The molecule has 0 spiro atoms. The Hall–Kier alpha value is -4.66. The van der Waals surface area contributed by atoms with Gasteiger partial charge in [-0.2, -0.15) is 5.11 Å². The molecule has 0 amide bonds. The molecule has 5 aromatic rings. The molecule has 1 atom stereocenters. The molecule has 8 nitrogen and oxygen atoms in total. The highest BCUT2D eigenvalue weighted by molar-refractivity contribution is 6.09. The summed E-state index contributed by atoms with van der Waals surface area (Å²) in [6.45, 7) is 2.40. The van der Waals surface area contributed by atoms with Gasteiger partial charge in [0.1, 0.15) is 5.66 Å². The molecule has 1 aliphatic heterocycles. The van der Waals surface area contributed by atoms with Gasteiger partial charge in [0.15, 0.2) is 0 Å². The Kier molecular flexibility index (Phi) is 7.41. The Balaban J connectivity index is 1.30. The van der Waals surface area contributed by atoms with Gasteiger partial charge in [0.25, 0.3) is 0 Å². The predicted molar refractivity (Wildman–Crippen MR) is 165 cm³/mol. The van der Waals surface area contributed by atoms with E-state index in [-0.39, 0.29) is 18.9 Å². The van der Waals surface area contributed by atoms with Crippen molar-refractivity contribution in [1.29, 1.82) is 0 Å². The second kappa shape index (κ2) is 11.4. The van der Waals surface area contributed by atoms with E-state index in [1.165, 1.54) is 0 Å². The summed E-state index contributed by atoms with van der Waals surface area (Å²) in [6, 6.07) is 29.8. The Labute approximate surface area is 238 Å². The van der Waals surface area contributed by atoms with Crippen LogP contribution in [0.25, 0.3) is 21.5 Å². The minimum absolute atomic E-state index is 0.124. The van der Waals surface area contributed by atoms with Crippen LogP contribution in [0.3, 0.4) is 0 Å². The first-order valence-corrected chi connectivity index (χ1v) is 13.8. The summed E-state index contributed by atoms with van der Waals surface area (Å²) < 4.78 is 0. The number of nitrogens with zero attached hydrogens (tertiary/aromatic N) is 4. The lowest BCUT2D eigenvalue weighted by Gasteiger charge is -2.39. The number of nitrogens with one attached hydrogen (secondary N) is 2. The lowest BCUT2D eigenvalue weighted by molar-refractivity contribution is 0.274. The van der Waals surface area contributed by atoms with E-state index < -0.39 is 0 Å². The molecule has 0 aliphatic carbocycles. The SMILES string of the molecule is CC1(CCCO)Nc2cccc3c(N=Nc4ccc(N=Nc5ccc(CCO)cc5)c5ccccc45)ccc(c23)N1. The van der Waals surface area contributed by atoms with Crippen LogP contribution in [0.15, 0.2) is 111 Å². The van der Waals surface area contributed by atoms with Crippen LogP contribution in [0, 0.1) is 0 Å². The van der Waals surface area contributed by atoms with Crippen LogP contribution in [0.5, 0.6) is 0 Å². The van der Waals surface area contributed by atoms with E-state index in [2.05, 4.69) is 51.1 Å². The zero-order valence-electron chi connectivity index (χ0n) is 22.9. The lowest BCUT2D eigenvalue weighted by Crippen LogP contribution is -2.45. The topological polar surface area (TPSA) is 114 Å². The molecule has 4 N–H and O–H groups in total. The highest BCUT2D eigenvalue weighted by Crippen LogP contribution is 2.43. The van der Waals surface area contributed by atoms with E-state index in [4.69, 9.17) is 10.2 Å². The van der Waals surface area contributed by atoms with E-state index in [0.717, 1.165) is 67.7 Å². The van der Waals surface area contributed by atoms with E-state index in [1.807, 2.05) is 72.8 Å². The molecule has 0 bridgehead atoms. The lowest BCUT2D eigenvalue weighted by atomic mass is 9.96. The average molecular weight is 545 g/mol. The number of hydrogen-bond donors (Lipinski definition) is 4. The maximum absolute atomic E-state index is 9.33. The number of fused-ring (bicyclic) bond motifs is 1. The zero-order valence-corrected chi connectivity index (χ0v) is 22.9. The second-order valence-corrected chi connectivity index (χ2v) is 10.5. The molecule has 0 fully saturated rings. The molecule has 0 saturated heterocycles. The van der Waals surface area contributed by atoms with Crippen molar-refractivity contribution in [2.45, 2.75) is 31.8 Å². The van der Waals surface area contributed by atoms with Crippen LogP contribution >= 0.6 is 0 Å². The highest BCUT2D eigenvalue weighted by Gasteiger charge is 2.29. The first-order chi connectivity index (χ1) is 20.1. The Bertz CT molecular complexity index is 1750. The van der Waals surface area contributed by atoms with Gasteiger partial charge in [-0.1, -0.05) is 48.5 Å². The summed E-state index contributed by atoms with van der Waals surface area (Å²) in [6.07, 6.45) is 2.12. The molecule has 0 saturated carbocycles. The number of anilines is 2. The van der Waals surface area contributed by atoms with E-state index >= 15 is 0 Å². The fourth-order valence-corrected chi connectivity index (χ4v) is 5.39. The number of benzene rings is 5. The molecule has 41 heavy (non-hydrogen) atoms. The molecule has 1 aliphatic rings. The van der Waals surface area contributed by atoms with Gasteiger partial charge in [0.2, 0.25) is 0 Å². The van der Waals surface area contributed by atoms with Crippen LogP contribution in [0.2, 0.25) is 0 Å². The van der Waals surface area contributed by atoms with Gasteiger partial charge in [-0.25, -0.2) is 0 Å². The maximum atomic E-state index is 9.33. The summed E-state index contributed by atoms with van der Waals surface area (Å²) >= 11 is 0. The summed E-state index contributed by atoms with van der Waals surface area (Å²) in [7, 11) is 0. The number of hydrogen-bond acceptors (Lipinski definition) is 8. The first-order valence-electron chi connectivity index (χ1n) is 13.8. The van der Waals surface area contributed by atoms with Crippen molar-refractivity contribution in [3.8, 4) is 0 Å². The molecule has 6 rings (SSSR count). The summed E-state index contributed by atoms with van der Waals surface area (Å²) in [5.74, 6) is 0. The molecule has 0 aromatic heterocycles. The molecule has 5 aromatic carbocycles. The first kappa shape index (κ1) is 26.6. The normalized spacial score (nSPS) is 16.5. The fourth-order valence-electron chi connectivity index (χ4n) is 5.39. The minimum atomic E-state index is -0.339. The van der Waals surface area contributed by atoms with Gasteiger partial charge < -0.3 is 20.8 Å². The average Bonchev–Trinajstić information content (AvgIpc) is 3.00. The van der Waals surface area contributed by atoms with Gasteiger partial charge in [-0.3, -0.25) is 0 Å². The summed E-state index contributed by atoms with van der Waals surface area (Å²) in [5.41, 5.74) is 5.84. The smallest absolute Gasteiger partial charge is 0.105 e. The molecule has 206 valence electrons. The van der Waals surface area contributed by atoms with Gasteiger partial charge in [0.05, 0.1) is 22.7 Å². The fraction of sp³-hybridized carbons (Fsp3) is 0.212. The van der Waals surface area contributed by atoms with Crippen LogP contribution in [-0.4, -0.2) is 29.1 Å². The van der Waals surface area contributed by atoms with Crippen molar-refractivity contribution in [3.63, 3.8) is 0 Å². The van der Waals surface area contributed by atoms with E-state index in [0.29, 0.717) is 12.8 Å². The molecular weight excluding hydrogens is 512 g/mol. The van der Waals surface area contributed by atoms with E-state index in [1.54, 1.807) is 0 Å². The number of azo groups is 2. The number of aliphatic hydroxyl groups is 2. The molecule has 8 heteroatoms. The van der Waals surface area contributed by atoms with Gasteiger partial charge in [-0.15, -0.1) is 15.3 Å². The predicted octanol–water partition coefficient (Wildman–Crippen LogP) is 8.68. The quantitative estimate of drug-likeness (QED) is 0.139. The Morgan fingerprint density at radius 2 is 1.20 bits per heavy atom. The molecule has 1 unspecified atom stereocenters. The number of rotatable bonds is 9. The van der Waals surface area contributed by atoms with Crippen molar-refractivity contribution in [2.75, 3.05) is 23.8 Å². The third kappa shape index (κ3) is 5.52. The summed E-state index contributed by atoms with van der Waals surface area (Å²) in [4.78, 5) is 0.